The number of nitrogens with zero attached hydrogens (tertiary/aromatic N) is 2. The smallest absolute Gasteiger partial charge is 0.340 e. The van der Waals surface area contributed by atoms with E-state index in [1.165, 1.54) is 12.1 Å². The molecule has 0 saturated carbocycles. The Balaban J connectivity index is 2.34. The summed E-state index contributed by atoms with van der Waals surface area (Å²) in [6.45, 7) is 3.79. The third kappa shape index (κ3) is 2.77. The van der Waals surface area contributed by atoms with E-state index in [1.54, 1.807) is 38.2 Å². The molecule has 23 heavy (non-hydrogen) atoms. The number of esters is 1. The predicted octanol–water partition coefficient (Wildman–Crippen LogP) is 3.92. The molecular weight excluding hydrogens is 295 g/mol. The van der Waals surface area contributed by atoms with Gasteiger partial charge in [-0.05, 0) is 43.7 Å². The van der Waals surface area contributed by atoms with Crippen molar-refractivity contribution >= 4 is 17.0 Å². The van der Waals surface area contributed by atoms with Crippen molar-refractivity contribution in [3.05, 3.63) is 59.5 Å². The van der Waals surface area contributed by atoms with Crippen molar-refractivity contribution in [2.24, 2.45) is 0 Å². The van der Waals surface area contributed by atoms with E-state index in [9.17, 15) is 9.18 Å². The standard InChI is InChI=1S/C18H15FN2O2/c1-3-23-18(22)15-11(2)16-14(8-5-9-20-16)21-17(15)12-6-4-7-13(19)10-12/h4-10H,3H2,1-2H3. The van der Waals surface area contributed by atoms with Crippen LogP contribution < -0.4 is 0 Å². The van der Waals surface area contributed by atoms with Crippen LogP contribution in [0, 0.1) is 12.7 Å². The monoisotopic (exact) mass is 310 g/mol. The maximum atomic E-state index is 13.6. The molecule has 0 aliphatic heterocycles. The number of hydrogen-bond donors (Lipinski definition) is 0. The quantitative estimate of drug-likeness (QED) is 0.688. The number of hydrogen-bond acceptors (Lipinski definition) is 4. The van der Waals surface area contributed by atoms with Crippen LogP contribution in [0.4, 0.5) is 4.39 Å². The number of benzene rings is 1. The second-order valence-corrected chi connectivity index (χ2v) is 5.06. The first kappa shape index (κ1) is 15.1. The van der Waals surface area contributed by atoms with Crippen LogP contribution in [-0.2, 0) is 4.74 Å². The highest BCUT2D eigenvalue weighted by Gasteiger charge is 2.21. The van der Waals surface area contributed by atoms with Crippen LogP contribution in [0.2, 0.25) is 0 Å². The number of fused-ring (bicyclic) bond motifs is 1. The fourth-order valence-electron chi connectivity index (χ4n) is 2.55. The predicted molar refractivity (Wildman–Crippen MR) is 85.6 cm³/mol. The van der Waals surface area contributed by atoms with Gasteiger partial charge < -0.3 is 4.74 Å². The van der Waals surface area contributed by atoms with Crippen molar-refractivity contribution in [3.8, 4) is 11.3 Å². The number of aryl methyl sites for hydroxylation is 1. The number of aromatic nitrogens is 2. The summed E-state index contributed by atoms with van der Waals surface area (Å²) < 4.78 is 18.7. The Kier molecular flexibility index (Phi) is 4.02. The van der Waals surface area contributed by atoms with Gasteiger partial charge in [0.1, 0.15) is 5.82 Å². The average molecular weight is 310 g/mol. The van der Waals surface area contributed by atoms with Crippen LogP contribution in [0.1, 0.15) is 22.8 Å². The third-order valence-electron chi connectivity index (χ3n) is 3.56. The van der Waals surface area contributed by atoms with E-state index in [2.05, 4.69) is 9.97 Å². The zero-order chi connectivity index (χ0) is 16.4. The Hall–Kier alpha value is -2.82. The second-order valence-electron chi connectivity index (χ2n) is 5.06. The summed E-state index contributed by atoms with van der Waals surface area (Å²) in [6, 6.07) is 9.59. The van der Waals surface area contributed by atoms with E-state index in [1.807, 2.05) is 6.07 Å². The first-order valence-corrected chi connectivity index (χ1v) is 7.30. The lowest BCUT2D eigenvalue weighted by Gasteiger charge is -2.13. The number of carbonyl (C=O) groups is 1. The molecule has 0 saturated heterocycles. The number of halogens is 1. The van der Waals surface area contributed by atoms with Crippen LogP contribution >= 0.6 is 0 Å². The Morgan fingerprint density at radius 2 is 2.09 bits per heavy atom. The number of rotatable bonds is 3. The molecule has 0 fully saturated rings. The number of pyridine rings is 2. The Labute approximate surface area is 133 Å². The Morgan fingerprint density at radius 3 is 2.83 bits per heavy atom. The summed E-state index contributed by atoms with van der Waals surface area (Å²) in [5.74, 6) is -0.868. The summed E-state index contributed by atoms with van der Waals surface area (Å²) in [7, 11) is 0. The molecule has 2 aromatic heterocycles. The van der Waals surface area contributed by atoms with Gasteiger partial charge in [-0.25, -0.2) is 14.2 Å². The molecule has 0 amide bonds. The molecule has 4 nitrogen and oxygen atoms in total. The molecule has 1 aromatic carbocycles. The molecule has 5 heteroatoms. The number of ether oxygens (including phenoxy) is 1. The van der Waals surface area contributed by atoms with Gasteiger partial charge >= 0.3 is 5.97 Å². The molecule has 0 atom stereocenters. The van der Waals surface area contributed by atoms with Gasteiger partial charge in [0.15, 0.2) is 0 Å². The fourth-order valence-corrected chi connectivity index (χ4v) is 2.55. The average Bonchev–Trinajstić information content (AvgIpc) is 2.55. The molecular formula is C18H15FN2O2. The highest BCUT2D eigenvalue weighted by atomic mass is 19.1. The van der Waals surface area contributed by atoms with E-state index in [0.717, 1.165) is 0 Å². The zero-order valence-corrected chi connectivity index (χ0v) is 12.8. The van der Waals surface area contributed by atoms with Gasteiger partial charge in [-0.15, -0.1) is 0 Å². The summed E-state index contributed by atoms with van der Waals surface area (Å²) in [4.78, 5) is 21.2. The Bertz CT molecular complexity index is 893. The van der Waals surface area contributed by atoms with Crippen LogP contribution in [0.3, 0.4) is 0 Å². The minimum Gasteiger partial charge on any atom is -0.462 e. The van der Waals surface area contributed by atoms with E-state index >= 15 is 0 Å². The highest BCUT2D eigenvalue weighted by molar-refractivity contribution is 6.02. The lowest BCUT2D eigenvalue weighted by molar-refractivity contribution is 0.0526. The third-order valence-corrected chi connectivity index (χ3v) is 3.56. The van der Waals surface area contributed by atoms with Gasteiger partial charge in [-0.1, -0.05) is 12.1 Å². The normalized spacial score (nSPS) is 10.7. The number of carbonyl (C=O) groups excluding carboxylic acids is 1. The molecule has 3 rings (SSSR count). The van der Waals surface area contributed by atoms with Gasteiger partial charge in [0.2, 0.25) is 0 Å². The molecule has 2 heterocycles. The van der Waals surface area contributed by atoms with Crippen molar-refractivity contribution in [3.63, 3.8) is 0 Å². The maximum Gasteiger partial charge on any atom is 0.340 e. The fraction of sp³-hybridized carbons (Fsp3) is 0.167. The maximum absolute atomic E-state index is 13.6. The van der Waals surface area contributed by atoms with E-state index < -0.39 is 5.97 Å². The van der Waals surface area contributed by atoms with Gasteiger partial charge in [-0.2, -0.15) is 0 Å². The minimum absolute atomic E-state index is 0.251. The van der Waals surface area contributed by atoms with E-state index in [0.29, 0.717) is 33.4 Å². The lowest BCUT2D eigenvalue weighted by Crippen LogP contribution is -2.11. The van der Waals surface area contributed by atoms with E-state index in [-0.39, 0.29) is 12.4 Å². The minimum atomic E-state index is -0.482. The van der Waals surface area contributed by atoms with Crippen LogP contribution in [-0.4, -0.2) is 22.5 Å². The van der Waals surface area contributed by atoms with Crippen molar-refractivity contribution in [1.29, 1.82) is 0 Å². The van der Waals surface area contributed by atoms with Crippen molar-refractivity contribution in [2.45, 2.75) is 13.8 Å². The van der Waals surface area contributed by atoms with Gasteiger partial charge in [0.05, 0.1) is 28.9 Å². The second kappa shape index (κ2) is 6.12. The van der Waals surface area contributed by atoms with Crippen molar-refractivity contribution in [1.82, 2.24) is 9.97 Å². The molecule has 3 aromatic rings. The summed E-state index contributed by atoms with van der Waals surface area (Å²) in [5, 5.41) is 0. The zero-order valence-electron chi connectivity index (χ0n) is 12.8. The van der Waals surface area contributed by atoms with Gasteiger partial charge in [0, 0.05) is 11.8 Å². The SMILES string of the molecule is CCOC(=O)c1c(-c2cccc(F)c2)nc2cccnc2c1C. The van der Waals surface area contributed by atoms with Gasteiger partial charge in [-0.3, -0.25) is 4.98 Å². The van der Waals surface area contributed by atoms with Crippen LogP contribution in [0.5, 0.6) is 0 Å². The molecule has 0 aliphatic carbocycles. The molecule has 0 unspecified atom stereocenters. The molecule has 0 bridgehead atoms. The first-order valence-electron chi connectivity index (χ1n) is 7.30. The largest absolute Gasteiger partial charge is 0.462 e. The molecule has 0 radical (unpaired) electrons. The molecule has 0 spiro atoms. The molecule has 116 valence electrons. The molecule has 0 aliphatic rings. The van der Waals surface area contributed by atoms with Gasteiger partial charge in [0.25, 0.3) is 0 Å². The topological polar surface area (TPSA) is 52.1 Å². The van der Waals surface area contributed by atoms with Crippen LogP contribution in [0.15, 0.2) is 42.6 Å². The summed E-state index contributed by atoms with van der Waals surface area (Å²) in [5.41, 5.74) is 3.22. The summed E-state index contributed by atoms with van der Waals surface area (Å²) >= 11 is 0. The van der Waals surface area contributed by atoms with Crippen molar-refractivity contribution < 1.29 is 13.9 Å². The first-order chi connectivity index (χ1) is 11.1. The van der Waals surface area contributed by atoms with Crippen LogP contribution in [0.25, 0.3) is 22.3 Å². The Morgan fingerprint density at radius 1 is 1.26 bits per heavy atom. The highest BCUT2D eigenvalue weighted by Crippen LogP contribution is 2.29. The van der Waals surface area contributed by atoms with E-state index in [4.69, 9.17) is 4.74 Å². The van der Waals surface area contributed by atoms with Crippen molar-refractivity contribution in [2.75, 3.05) is 6.61 Å². The summed E-state index contributed by atoms with van der Waals surface area (Å²) in [6.07, 6.45) is 1.65. The lowest BCUT2D eigenvalue weighted by atomic mass is 10.00. The molecule has 0 N–H and O–H groups in total.